The van der Waals surface area contributed by atoms with Gasteiger partial charge in [-0.05, 0) is 23.3 Å². The van der Waals surface area contributed by atoms with Crippen LogP contribution in [-0.2, 0) is 5.92 Å². The van der Waals surface area contributed by atoms with Gasteiger partial charge < -0.3 is 0 Å². The first-order chi connectivity index (χ1) is 21.4. The Kier molecular flexibility index (Phi) is 6.91. The highest BCUT2D eigenvalue weighted by molar-refractivity contribution is 8.27. The first-order valence-corrected chi connectivity index (χ1v) is 14.7. The van der Waals surface area contributed by atoms with Gasteiger partial charge in [0.25, 0.3) is 5.92 Å². The molecule has 0 saturated carbocycles. The lowest BCUT2D eigenvalue weighted by Gasteiger charge is -2.14. The van der Waals surface area contributed by atoms with Gasteiger partial charge in [0.15, 0.2) is 17.5 Å². The highest BCUT2D eigenvalue weighted by Crippen LogP contribution is 2.52. The molecule has 5 nitrogen and oxygen atoms in total. The Bertz CT molecular complexity index is 1990. The van der Waals surface area contributed by atoms with Gasteiger partial charge in [-0.1, -0.05) is 127 Å². The van der Waals surface area contributed by atoms with Gasteiger partial charge in [0, 0.05) is 38.9 Å². The molecule has 0 aliphatic heterocycles. The van der Waals surface area contributed by atoms with E-state index in [-0.39, 0.29) is 21.2 Å². The van der Waals surface area contributed by atoms with E-state index < -0.39 is 5.92 Å². The van der Waals surface area contributed by atoms with Crippen molar-refractivity contribution in [2.45, 2.75) is 5.92 Å². The van der Waals surface area contributed by atoms with Crippen LogP contribution in [0.5, 0.6) is 0 Å². The Balaban J connectivity index is 1.25. The van der Waals surface area contributed by atoms with E-state index in [0.29, 0.717) is 45.3 Å². The SMILES string of the molecule is N=C(SC(=N)c1ccc2c(c1)C(F)(F)c1cc(-c3nc(-c4ccccc4)nc(-c4ccccc4)n3)ccc1-2)c1ccccc1. The molecular weight excluding hydrogens is 572 g/mol. The van der Waals surface area contributed by atoms with Gasteiger partial charge in [-0.15, -0.1) is 0 Å². The number of nitrogens with zero attached hydrogens (tertiary/aromatic N) is 3. The van der Waals surface area contributed by atoms with Crippen LogP contribution < -0.4 is 0 Å². The van der Waals surface area contributed by atoms with Crippen LogP contribution in [0.15, 0.2) is 127 Å². The van der Waals surface area contributed by atoms with Gasteiger partial charge in [0.1, 0.15) is 10.1 Å². The van der Waals surface area contributed by atoms with E-state index in [2.05, 4.69) is 0 Å². The fraction of sp³-hybridized carbons (Fsp3) is 0.0278. The average Bonchev–Trinajstić information content (AvgIpc) is 3.30. The molecule has 5 aromatic carbocycles. The number of nitrogens with one attached hydrogen (secondary N) is 2. The van der Waals surface area contributed by atoms with Crippen LogP contribution >= 0.6 is 11.8 Å². The zero-order valence-corrected chi connectivity index (χ0v) is 23.9. The summed E-state index contributed by atoms with van der Waals surface area (Å²) in [6.45, 7) is 0. The predicted molar refractivity (Wildman–Crippen MR) is 172 cm³/mol. The zero-order chi connectivity index (χ0) is 30.3. The van der Waals surface area contributed by atoms with Crippen molar-refractivity contribution < 1.29 is 8.78 Å². The molecule has 6 aromatic rings. The first-order valence-electron chi connectivity index (χ1n) is 13.8. The van der Waals surface area contributed by atoms with E-state index in [1.54, 1.807) is 36.4 Å². The minimum absolute atomic E-state index is 0.0289. The third kappa shape index (κ3) is 4.99. The molecule has 8 heteroatoms. The van der Waals surface area contributed by atoms with Crippen LogP contribution in [0.4, 0.5) is 8.78 Å². The zero-order valence-electron chi connectivity index (χ0n) is 23.1. The first kappa shape index (κ1) is 27.5. The summed E-state index contributed by atoms with van der Waals surface area (Å²) in [6, 6.07) is 37.6. The maximum absolute atomic E-state index is 16.1. The summed E-state index contributed by atoms with van der Waals surface area (Å²) in [6.07, 6.45) is 0. The molecule has 0 atom stereocenters. The highest BCUT2D eigenvalue weighted by atomic mass is 32.2. The lowest BCUT2D eigenvalue weighted by Crippen LogP contribution is -2.12. The Labute approximate surface area is 256 Å². The largest absolute Gasteiger partial charge is 0.299 e. The molecule has 1 aromatic heterocycles. The second kappa shape index (κ2) is 11.1. The lowest BCUT2D eigenvalue weighted by molar-refractivity contribution is 0.0480. The van der Waals surface area contributed by atoms with E-state index in [1.807, 2.05) is 78.9 Å². The number of thioether (sulfide) groups is 1. The van der Waals surface area contributed by atoms with Gasteiger partial charge in [-0.25, -0.2) is 15.0 Å². The number of rotatable bonds is 5. The monoisotopic (exact) mass is 595 g/mol. The van der Waals surface area contributed by atoms with Crippen LogP contribution in [0.2, 0.25) is 0 Å². The minimum Gasteiger partial charge on any atom is -0.293 e. The predicted octanol–water partition coefficient (Wildman–Crippen LogP) is 9.08. The maximum Gasteiger partial charge on any atom is 0.299 e. The van der Waals surface area contributed by atoms with Gasteiger partial charge in [-0.3, -0.25) is 10.8 Å². The molecule has 0 saturated heterocycles. The molecule has 0 fully saturated rings. The second-order valence-corrected chi connectivity index (χ2v) is 11.3. The molecule has 0 unspecified atom stereocenters. The van der Waals surface area contributed by atoms with Crippen LogP contribution in [0.3, 0.4) is 0 Å². The molecule has 1 aliphatic carbocycles. The number of aromatic nitrogens is 3. The van der Waals surface area contributed by atoms with Crippen LogP contribution in [-0.4, -0.2) is 25.0 Å². The van der Waals surface area contributed by atoms with Crippen molar-refractivity contribution in [3.8, 4) is 45.3 Å². The topological polar surface area (TPSA) is 86.4 Å². The lowest BCUT2D eigenvalue weighted by atomic mass is 10.0. The van der Waals surface area contributed by atoms with Crippen molar-refractivity contribution in [3.63, 3.8) is 0 Å². The molecule has 7 rings (SSSR count). The van der Waals surface area contributed by atoms with Gasteiger partial charge in [0.05, 0.1) is 0 Å². The van der Waals surface area contributed by atoms with Gasteiger partial charge in [-0.2, -0.15) is 8.78 Å². The Morgan fingerprint density at radius 3 is 1.52 bits per heavy atom. The Morgan fingerprint density at radius 2 is 0.955 bits per heavy atom. The Hall–Kier alpha value is -5.34. The van der Waals surface area contributed by atoms with Crippen molar-refractivity contribution in [1.29, 1.82) is 10.8 Å². The van der Waals surface area contributed by atoms with Crippen molar-refractivity contribution in [2.24, 2.45) is 0 Å². The summed E-state index contributed by atoms with van der Waals surface area (Å²) < 4.78 is 32.2. The number of halogens is 2. The van der Waals surface area contributed by atoms with E-state index in [0.717, 1.165) is 22.9 Å². The van der Waals surface area contributed by atoms with E-state index in [9.17, 15) is 0 Å². The van der Waals surface area contributed by atoms with Crippen molar-refractivity contribution >= 4 is 21.8 Å². The summed E-state index contributed by atoms with van der Waals surface area (Å²) in [7, 11) is 0. The van der Waals surface area contributed by atoms with E-state index in [4.69, 9.17) is 25.8 Å². The third-order valence-electron chi connectivity index (χ3n) is 7.47. The standard InChI is InChI=1S/C36H23F2N5S/c37-36(38)29-20-25(32(40)44-31(39)22-10-4-1-5-11-22)16-18-27(29)28-19-17-26(21-30(28)36)35-42-33(23-12-6-2-7-13-23)41-34(43-35)24-14-8-3-9-15-24/h1-21,39-40H. The Morgan fingerprint density at radius 1 is 0.500 bits per heavy atom. The smallest absolute Gasteiger partial charge is 0.293 e. The number of alkyl halides is 2. The van der Waals surface area contributed by atoms with E-state index in [1.165, 1.54) is 12.1 Å². The van der Waals surface area contributed by atoms with Crippen LogP contribution in [0.25, 0.3) is 45.3 Å². The molecular formula is C36H23F2N5S. The quantitative estimate of drug-likeness (QED) is 0.154. The molecule has 1 aliphatic rings. The van der Waals surface area contributed by atoms with Gasteiger partial charge in [0.2, 0.25) is 0 Å². The number of hydrogen-bond donors (Lipinski definition) is 2. The summed E-state index contributed by atoms with van der Waals surface area (Å²) >= 11 is 0.933. The van der Waals surface area contributed by atoms with Gasteiger partial charge >= 0.3 is 0 Å². The number of benzene rings is 5. The molecule has 0 bridgehead atoms. The molecule has 0 radical (unpaired) electrons. The van der Waals surface area contributed by atoms with Crippen LogP contribution in [0, 0.1) is 10.8 Å². The average molecular weight is 596 g/mol. The van der Waals surface area contributed by atoms with Crippen LogP contribution in [0.1, 0.15) is 22.3 Å². The summed E-state index contributed by atoms with van der Waals surface area (Å²) in [5.74, 6) is -2.10. The summed E-state index contributed by atoms with van der Waals surface area (Å²) in [5, 5.41) is 17.1. The molecule has 212 valence electrons. The normalized spacial score (nSPS) is 12.8. The molecule has 0 amide bonds. The summed E-state index contributed by atoms with van der Waals surface area (Å²) in [4.78, 5) is 14.1. The summed E-state index contributed by atoms with van der Waals surface area (Å²) in [5.41, 5.74) is 3.58. The molecule has 44 heavy (non-hydrogen) atoms. The number of fused-ring (bicyclic) bond motifs is 3. The fourth-order valence-electron chi connectivity index (χ4n) is 5.25. The molecule has 2 N–H and O–H groups in total. The van der Waals surface area contributed by atoms with Crippen molar-refractivity contribution in [3.05, 3.63) is 150 Å². The third-order valence-corrected chi connectivity index (χ3v) is 8.35. The number of hydrogen-bond acceptors (Lipinski definition) is 6. The maximum atomic E-state index is 16.1. The van der Waals surface area contributed by atoms with Crippen molar-refractivity contribution in [2.75, 3.05) is 0 Å². The molecule has 0 spiro atoms. The molecule has 1 heterocycles. The fourth-order valence-corrected chi connectivity index (χ4v) is 5.95. The highest BCUT2D eigenvalue weighted by Gasteiger charge is 2.45. The second-order valence-electron chi connectivity index (χ2n) is 10.3. The van der Waals surface area contributed by atoms with E-state index >= 15 is 8.78 Å². The van der Waals surface area contributed by atoms with Crippen molar-refractivity contribution in [1.82, 2.24) is 15.0 Å². The minimum atomic E-state index is -3.30.